The molecule has 4 heteroatoms. The van der Waals surface area contributed by atoms with Crippen molar-refractivity contribution in [3.05, 3.63) is 23.8 Å². The standard InChI is InChI=1S/C18H25NO3/c1-13-8-9-16(19-18(20)14-5-2-3-6-14)17(11-13)22-12-15-7-4-10-21-15/h8-9,11,14-15H,2-7,10,12H2,1H3,(H,19,20). The summed E-state index contributed by atoms with van der Waals surface area (Å²) >= 11 is 0. The van der Waals surface area contributed by atoms with Crippen LogP contribution in [0.3, 0.4) is 0 Å². The van der Waals surface area contributed by atoms with Crippen LogP contribution in [0.1, 0.15) is 44.1 Å². The maximum atomic E-state index is 12.3. The number of benzene rings is 1. The van der Waals surface area contributed by atoms with E-state index in [0.717, 1.165) is 62.1 Å². The van der Waals surface area contributed by atoms with E-state index >= 15 is 0 Å². The molecule has 1 heterocycles. The van der Waals surface area contributed by atoms with Crippen LogP contribution in [-0.4, -0.2) is 25.2 Å². The van der Waals surface area contributed by atoms with Crippen LogP contribution in [0, 0.1) is 12.8 Å². The zero-order valence-corrected chi connectivity index (χ0v) is 13.3. The number of hydrogen-bond donors (Lipinski definition) is 1. The molecule has 0 aromatic heterocycles. The molecule has 2 aliphatic rings. The molecule has 1 aromatic rings. The fraction of sp³-hybridized carbons (Fsp3) is 0.611. The molecule has 1 saturated heterocycles. The Morgan fingerprint density at radius 3 is 2.82 bits per heavy atom. The largest absolute Gasteiger partial charge is 0.489 e. The molecule has 1 N–H and O–H groups in total. The lowest BCUT2D eigenvalue weighted by molar-refractivity contribution is -0.119. The third kappa shape index (κ3) is 3.80. The third-order valence-corrected chi connectivity index (χ3v) is 4.57. The average molecular weight is 303 g/mol. The first kappa shape index (κ1) is 15.3. The van der Waals surface area contributed by atoms with Gasteiger partial charge in [-0.25, -0.2) is 0 Å². The van der Waals surface area contributed by atoms with E-state index in [4.69, 9.17) is 9.47 Å². The molecule has 22 heavy (non-hydrogen) atoms. The van der Waals surface area contributed by atoms with E-state index in [1.54, 1.807) is 0 Å². The quantitative estimate of drug-likeness (QED) is 0.902. The van der Waals surface area contributed by atoms with E-state index < -0.39 is 0 Å². The summed E-state index contributed by atoms with van der Waals surface area (Å²) in [5.74, 6) is 1.04. The van der Waals surface area contributed by atoms with Gasteiger partial charge in [-0.3, -0.25) is 4.79 Å². The predicted molar refractivity (Wildman–Crippen MR) is 86.2 cm³/mol. The van der Waals surface area contributed by atoms with Crippen LogP contribution in [0.25, 0.3) is 0 Å². The summed E-state index contributed by atoms with van der Waals surface area (Å²) in [4.78, 5) is 12.3. The number of anilines is 1. The molecular weight excluding hydrogens is 278 g/mol. The molecule has 1 saturated carbocycles. The fourth-order valence-corrected chi connectivity index (χ4v) is 3.23. The first-order valence-electron chi connectivity index (χ1n) is 8.38. The van der Waals surface area contributed by atoms with E-state index in [1.165, 1.54) is 0 Å². The molecule has 120 valence electrons. The molecule has 0 radical (unpaired) electrons. The lowest BCUT2D eigenvalue weighted by Crippen LogP contribution is -2.22. The lowest BCUT2D eigenvalue weighted by atomic mass is 10.1. The highest BCUT2D eigenvalue weighted by Gasteiger charge is 2.24. The molecule has 4 nitrogen and oxygen atoms in total. The Kier molecular flexibility index (Phi) is 4.98. The second kappa shape index (κ2) is 7.14. The summed E-state index contributed by atoms with van der Waals surface area (Å²) in [7, 11) is 0. The SMILES string of the molecule is Cc1ccc(NC(=O)C2CCCC2)c(OCC2CCCO2)c1. The van der Waals surface area contributed by atoms with Gasteiger partial charge in [0, 0.05) is 12.5 Å². The van der Waals surface area contributed by atoms with Gasteiger partial charge >= 0.3 is 0 Å². The number of carbonyl (C=O) groups is 1. The van der Waals surface area contributed by atoms with Gasteiger partial charge in [0.25, 0.3) is 0 Å². The summed E-state index contributed by atoms with van der Waals surface area (Å²) in [6, 6.07) is 5.93. The van der Waals surface area contributed by atoms with Crippen LogP contribution in [0.4, 0.5) is 5.69 Å². The predicted octanol–water partition coefficient (Wildman–Crippen LogP) is 3.68. The first-order valence-corrected chi connectivity index (χ1v) is 8.38. The van der Waals surface area contributed by atoms with Crippen LogP contribution in [0.5, 0.6) is 5.75 Å². The van der Waals surface area contributed by atoms with Gasteiger partial charge in [0.05, 0.1) is 11.8 Å². The smallest absolute Gasteiger partial charge is 0.227 e. The molecular formula is C18H25NO3. The van der Waals surface area contributed by atoms with Gasteiger partial charge in [-0.05, 0) is 50.3 Å². The Labute approximate surface area is 132 Å². The highest BCUT2D eigenvalue weighted by molar-refractivity contribution is 5.94. The van der Waals surface area contributed by atoms with E-state index in [-0.39, 0.29) is 17.9 Å². The number of aryl methyl sites for hydroxylation is 1. The van der Waals surface area contributed by atoms with Gasteiger partial charge in [0.2, 0.25) is 5.91 Å². The van der Waals surface area contributed by atoms with E-state index in [0.29, 0.717) is 6.61 Å². The summed E-state index contributed by atoms with van der Waals surface area (Å²) in [5.41, 5.74) is 1.90. The topological polar surface area (TPSA) is 47.6 Å². The molecule has 1 aliphatic heterocycles. The van der Waals surface area contributed by atoms with Crippen molar-refractivity contribution in [2.75, 3.05) is 18.5 Å². The zero-order chi connectivity index (χ0) is 15.4. The number of hydrogen-bond acceptors (Lipinski definition) is 3. The minimum Gasteiger partial charge on any atom is -0.489 e. The minimum atomic E-state index is 0.128. The second-order valence-corrected chi connectivity index (χ2v) is 6.42. The zero-order valence-electron chi connectivity index (χ0n) is 13.3. The summed E-state index contributed by atoms with van der Waals surface area (Å²) in [6.45, 7) is 3.41. The Morgan fingerprint density at radius 2 is 2.09 bits per heavy atom. The molecule has 3 rings (SSSR count). The van der Waals surface area contributed by atoms with Crippen LogP contribution in [-0.2, 0) is 9.53 Å². The molecule has 0 spiro atoms. The highest BCUT2D eigenvalue weighted by Crippen LogP contribution is 2.30. The van der Waals surface area contributed by atoms with Crippen molar-refractivity contribution in [3.63, 3.8) is 0 Å². The third-order valence-electron chi connectivity index (χ3n) is 4.57. The molecule has 1 unspecified atom stereocenters. The Balaban J connectivity index is 1.65. The first-order chi connectivity index (χ1) is 10.7. The molecule has 2 fully saturated rings. The Bertz CT molecular complexity index is 517. The van der Waals surface area contributed by atoms with Crippen molar-refractivity contribution in [3.8, 4) is 5.75 Å². The molecule has 1 aliphatic carbocycles. The maximum absolute atomic E-state index is 12.3. The molecule has 1 aromatic carbocycles. The Hall–Kier alpha value is -1.55. The highest BCUT2D eigenvalue weighted by atomic mass is 16.5. The van der Waals surface area contributed by atoms with E-state index in [2.05, 4.69) is 5.32 Å². The summed E-state index contributed by atoms with van der Waals surface area (Å²) in [6.07, 6.45) is 6.66. The van der Waals surface area contributed by atoms with E-state index in [1.807, 2.05) is 25.1 Å². The number of amides is 1. The van der Waals surface area contributed by atoms with Crippen molar-refractivity contribution in [2.24, 2.45) is 5.92 Å². The van der Waals surface area contributed by atoms with Gasteiger partial charge in [0.1, 0.15) is 12.4 Å². The normalized spacial score (nSPS) is 22.0. The Morgan fingerprint density at radius 1 is 1.27 bits per heavy atom. The fourth-order valence-electron chi connectivity index (χ4n) is 3.23. The number of nitrogens with one attached hydrogen (secondary N) is 1. The van der Waals surface area contributed by atoms with Crippen molar-refractivity contribution in [2.45, 2.75) is 51.6 Å². The van der Waals surface area contributed by atoms with Crippen molar-refractivity contribution < 1.29 is 14.3 Å². The minimum absolute atomic E-state index is 0.128. The number of ether oxygens (including phenoxy) is 2. The van der Waals surface area contributed by atoms with Gasteiger partial charge in [0.15, 0.2) is 0 Å². The van der Waals surface area contributed by atoms with E-state index in [9.17, 15) is 4.79 Å². The van der Waals surface area contributed by atoms with Crippen LogP contribution in [0.2, 0.25) is 0 Å². The lowest BCUT2D eigenvalue weighted by Gasteiger charge is -2.17. The number of rotatable bonds is 5. The van der Waals surface area contributed by atoms with Crippen LogP contribution < -0.4 is 10.1 Å². The maximum Gasteiger partial charge on any atom is 0.227 e. The monoisotopic (exact) mass is 303 g/mol. The second-order valence-electron chi connectivity index (χ2n) is 6.42. The van der Waals surface area contributed by atoms with Crippen molar-refractivity contribution >= 4 is 11.6 Å². The summed E-state index contributed by atoms with van der Waals surface area (Å²) in [5, 5.41) is 3.05. The van der Waals surface area contributed by atoms with Crippen molar-refractivity contribution in [1.29, 1.82) is 0 Å². The van der Waals surface area contributed by atoms with Crippen LogP contribution >= 0.6 is 0 Å². The molecule has 1 atom stereocenters. The number of carbonyl (C=O) groups excluding carboxylic acids is 1. The van der Waals surface area contributed by atoms with Gasteiger partial charge in [-0.1, -0.05) is 18.9 Å². The van der Waals surface area contributed by atoms with Gasteiger partial charge in [-0.15, -0.1) is 0 Å². The summed E-state index contributed by atoms with van der Waals surface area (Å²) < 4.78 is 11.5. The van der Waals surface area contributed by atoms with Crippen molar-refractivity contribution in [1.82, 2.24) is 0 Å². The molecule has 1 amide bonds. The van der Waals surface area contributed by atoms with Gasteiger partial charge < -0.3 is 14.8 Å². The average Bonchev–Trinajstić information content (AvgIpc) is 3.20. The van der Waals surface area contributed by atoms with Crippen LogP contribution in [0.15, 0.2) is 18.2 Å². The van der Waals surface area contributed by atoms with Gasteiger partial charge in [-0.2, -0.15) is 0 Å². The molecule has 0 bridgehead atoms.